The molecule has 0 aromatic heterocycles. The Balaban J connectivity index is 0.000000245. The number of rotatable bonds is 7. The van der Waals surface area contributed by atoms with Crippen molar-refractivity contribution in [1.82, 2.24) is 0 Å². The molecule has 4 nitrogen and oxygen atoms in total. The third-order valence-electron chi connectivity index (χ3n) is 3.13. The Labute approximate surface area is 152 Å². The number of hydrogen-bond donors (Lipinski definition) is 2. The van der Waals surface area contributed by atoms with Gasteiger partial charge < -0.3 is 10.2 Å². The Morgan fingerprint density at radius 2 is 1.29 bits per heavy atom. The summed E-state index contributed by atoms with van der Waals surface area (Å²) >= 11 is 0.0287. The van der Waals surface area contributed by atoms with E-state index in [2.05, 4.69) is 60.7 Å². The molecule has 0 spiro atoms. The van der Waals surface area contributed by atoms with Crippen LogP contribution >= 0.6 is 0 Å². The average molecular weight is 441 g/mol. The Hall–Kier alpha value is -1.89. The number of hydrogen-bond acceptors (Lipinski definition) is 2. The summed E-state index contributed by atoms with van der Waals surface area (Å²) in [5, 5.41) is 16.8. The molecule has 5 heteroatoms. The molecule has 0 saturated heterocycles. The van der Waals surface area contributed by atoms with E-state index in [0.717, 1.165) is 6.42 Å². The zero-order valence-corrected chi connectivity index (χ0v) is 15.7. The Morgan fingerprint density at radius 3 is 1.62 bits per heavy atom. The van der Waals surface area contributed by atoms with Crippen LogP contribution in [0, 0.1) is 13.1 Å². The molecule has 0 aliphatic rings. The molecule has 0 fully saturated rings. The van der Waals surface area contributed by atoms with E-state index < -0.39 is 17.9 Å². The number of carboxylic acid groups (broad SMARTS) is 2. The second-order valence-corrected chi connectivity index (χ2v) is 8.09. The average Bonchev–Trinajstić information content (AvgIpc) is 2.57. The van der Waals surface area contributed by atoms with Crippen molar-refractivity contribution >= 4 is 11.9 Å². The minimum atomic E-state index is -1.24. The summed E-state index contributed by atoms with van der Waals surface area (Å²) in [6.07, 6.45) is 1.68. The molecule has 0 aliphatic carbocycles. The molecule has 24 heavy (non-hydrogen) atoms. The first-order valence-electron chi connectivity index (χ1n) is 7.75. The topological polar surface area (TPSA) is 74.6 Å². The summed E-state index contributed by atoms with van der Waals surface area (Å²) in [7, 11) is 0. The van der Waals surface area contributed by atoms with Gasteiger partial charge in [-0.25, -0.2) is 0 Å². The van der Waals surface area contributed by atoms with Crippen molar-refractivity contribution < 1.29 is 41.0 Å². The van der Waals surface area contributed by atoms with Gasteiger partial charge in [0.15, 0.2) is 5.92 Å². The van der Waals surface area contributed by atoms with E-state index in [1.165, 1.54) is 7.14 Å². The van der Waals surface area contributed by atoms with E-state index in [4.69, 9.17) is 10.2 Å². The summed E-state index contributed by atoms with van der Waals surface area (Å²) in [5.74, 6) is -3.72. The van der Waals surface area contributed by atoms with Crippen molar-refractivity contribution in [2.45, 2.75) is 26.2 Å². The van der Waals surface area contributed by atoms with Crippen molar-refractivity contribution in [2.24, 2.45) is 5.92 Å². The SMILES string of the molecule is CCCCC(C(=O)O)C(=O)O.c1ccc([I-]c2ccccc2)cc1. The summed E-state index contributed by atoms with van der Waals surface area (Å²) in [5.41, 5.74) is 0. The number of aliphatic carboxylic acids is 2. The second-order valence-electron chi connectivity index (χ2n) is 5.06. The van der Waals surface area contributed by atoms with E-state index in [-0.39, 0.29) is 27.6 Å². The van der Waals surface area contributed by atoms with E-state index in [9.17, 15) is 9.59 Å². The van der Waals surface area contributed by atoms with Crippen LogP contribution in [0.25, 0.3) is 0 Å². The number of unbranched alkanes of at least 4 members (excludes halogenated alkanes) is 1. The van der Waals surface area contributed by atoms with Gasteiger partial charge in [-0.15, -0.1) is 0 Å². The molecule has 0 atom stereocenters. The standard InChI is InChI=1S/C12H10I.C7H12O4/c1-3-7-11(8-4-1)13-12-9-5-2-6-10-12;1-2-3-4-5(6(8)9)7(10)11/h1-10H;5H,2-4H2,1H3,(H,8,9)(H,10,11)/q-1;. The van der Waals surface area contributed by atoms with Crippen LogP contribution in [0.3, 0.4) is 0 Å². The number of benzene rings is 2. The molecule has 0 amide bonds. The van der Waals surface area contributed by atoms with Crippen LogP contribution in [-0.2, 0) is 9.59 Å². The summed E-state index contributed by atoms with van der Waals surface area (Å²) in [6.45, 7) is 1.89. The Bertz CT molecular complexity index is 562. The van der Waals surface area contributed by atoms with Gasteiger partial charge in [-0.05, 0) is 6.42 Å². The molecule has 2 aromatic carbocycles. The first kappa shape index (κ1) is 20.2. The summed E-state index contributed by atoms with van der Waals surface area (Å²) in [4.78, 5) is 20.5. The molecule has 2 N–H and O–H groups in total. The molecule has 2 aromatic rings. The van der Waals surface area contributed by atoms with Crippen molar-refractivity contribution in [1.29, 1.82) is 0 Å². The predicted octanol–water partition coefficient (Wildman–Crippen LogP) is 0.777. The molecule has 0 unspecified atom stereocenters. The van der Waals surface area contributed by atoms with Gasteiger partial charge in [-0.2, -0.15) is 0 Å². The van der Waals surface area contributed by atoms with Gasteiger partial charge in [-0.3, -0.25) is 9.59 Å². The first-order valence-corrected chi connectivity index (χ1v) is 9.90. The van der Waals surface area contributed by atoms with Crippen LogP contribution in [0.1, 0.15) is 26.2 Å². The van der Waals surface area contributed by atoms with Crippen LogP contribution in [-0.4, -0.2) is 22.2 Å². The van der Waals surface area contributed by atoms with Crippen molar-refractivity contribution in [3.05, 3.63) is 67.8 Å². The van der Waals surface area contributed by atoms with Gasteiger partial charge >= 0.3 is 101 Å². The number of carboxylic acids is 2. The first-order chi connectivity index (χ1) is 11.5. The van der Waals surface area contributed by atoms with E-state index in [1.807, 2.05) is 6.92 Å². The van der Waals surface area contributed by atoms with Gasteiger partial charge in [-0.1, -0.05) is 19.8 Å². The molecule has 0 bridgehead atoms. The van der Waals surface area contributed by atoms with Crippen molar-refractivity contribution in [3.63, 3.8) is 0 Å². The van der Waals surface area contributed by atoms with Gasteiger partial charge in [0.1, 0.15) is 0 Å². The fourth-order valence-corrected chi connectivity index (χ4v) is 4.11. The van der Waals surface area contributed by atoms with Gasteiger partial charge in [0.25, 0.3) is 0 Å². The van der Waals surface area contributed by atoms with Crippen LogP contribution in [0.2, 0.25) is 0 Å². The van der Waals surface area contributed by atoms with Crippen molar-refractivity contribution in [2.75, 3.05) is 0 Å². The van der Waals surface area contributed by atoms with Gasteiger partial charge in [0.2, 0.25) is 0 Å². The number of carbonyl (C=O) groups is 2. The van der Waals surface area contributed by atoms with Crippen LogP contribution < -0.4 is 21.2 Å². The van der Waals surface area contributed by atoms with Gasteiger partial charge in [0, 0.05) is 0 Å². The molecule has 0 aliphatic heterocycles. The normalized spacial score (nSPS) is 10.1. The molecule has 0 heterocycles. The molecule has 2 rings (SSSR count). The molecular weight excluding hydrogens is 419 g/mol. The maximum absolute atomic E-state index is 10.3. The minimum absolute atomic E-state index is 0.0287. The Kier molecular flexibility index (Phi) is 9.76. The molecule has 130 valence electrons. The third-order valence-corrected chi connectivity index (χ3v) is 5.81. The Morgan fingerprint density at radius 1 is 0.875 bits per heavy atom. The maximum atomic E-state index is 10.3. The zero-order chi connectivity index (χ0) is 17.8. The van der Waals surface area contributed by atoms with Crippen molar-refractivity contribution in [3.8, 4) is 0 Å². The quantitative estimate of drug-likeness (QED) is 0.492. The predicted molar refractivity (Wildman–Crippen MR) is 88.6 cm³/mol. The fourth-order valence-electron chi connectivity index (χ4n) is 1.84. The molecule has 0 radical (unpaired) electrons. The van der Waals surface area contributed by atoms with Crippen LogP contribution in [0.15, 0.2) is 60.7 Å². The monoisotopic (exact) mass is 441 g/mol. The summed E-state index contributed by atoms with van der Waals surface area (Å²) < 4.78 is 2.96. The van der Waals surface area contributed by atoms with E-state index in [0.29, 0.717) is 6.42 Å². The van der Waals surface area contributed by atoms with E-state index in [1.54, 1.807) is 0 Å². The fraction of sp³-hybridized carbons (Fsp3) is 0.263. The van der Waals surface area contributed by atoms with Gasteiger partial charge in [0.05, 0.1) is 0 Å². The van der Waals surface area contributed by atoms with E-state index >= 15 is 0 Å². The second kappa shape index (κ2) is 11.6. The van der Waals surface area contributed by atoms with Crippen LogP contribution in [0.4, 0.5) is 0 Å². The van der Waals surface area contributed by atoms with Crippen LogP contribution in [0.5, 0.6) is 0 Å². The molecular formula is C19H22IO4-. The summed E-state index contributed by atoms with van der Waals surface area (Å²) in [6, 6.07) is 21.4. The molecule has 0 saturated carbocycles. The third kappa shape index (κ3) is 8.10. The number of halogens is 1. The zero-order valence-electron chi connectivity index (χ0n) is 13.6.